The molecule has 2 heteroatoms. The minimum atomic E-state index is 1.15. The van der Waals surface area contributed by atoms with Gasteiger partial charge in [-0.15, -0.1) is 0 Å². The molecule has 19 heavy (non-hydrogen) atoms. The van der Waals surface area contributed by atoms with Gasteiger partial charge >= 0.3 is 0 Å². The summed E-state index contributed by atoms with van der Waals surface area (Å²) in [5.41, 5.74) is 1.49. The van der Waals surface area contributed by atoms with Gasteiger partial charge in [-0.2, -0.15) is 0 Å². The molecule has 0 unspecified atom stereocenters. The van der Waals surface area contributed by atoms with Crippen LogP contribution in [0.1, 0.15) is 12.0 Å². The van der Waals surface area contributed by atoms with Crippen molar-refractivity contribution in [3.05, 3.63) is 48.0 Å². The first-order valence-electron chi connectivity index (χ1n) is 7.33. The number of nitrogens with zero attached hydrogens (tertiary/aromatic N) is 1. The highest BCUT2D eigenvalue weighted by molar-refractivity contribution is 5.85. The Kier molecular flexibility index (Phi) is 4.11. The predicted octanol–water partition coefficient (Wildman–Crippen LogP) is 2.68. The lowest BCUT2D eigenvalue weighted by Gasteiger charge is -2.27. The molecule has 2 aromatic carbocycles. The smallest absolute Gasteiger partial charge is 0.0107 e. The first-order chi connectivity index (χ1) is 9.43. The van der Waals surface area contributed by atoms with Gasteiger partial charge in [0.2, 0.25) is 0 Å². The van der Waals surface area contributed by atoms with Crippen LogP contribution < -0.4 is 5.32 Å². The maximum atomic E-state index is 3.41. The standard InChI is InChI=1S/C17H22N2/c1-2-9-17-15(5-1)6-3-7-16(17)8-4-12-19-13-10-18-11-14-19/h1-3,5-7,9,18H,4,8,10-14H2. The van der Waals surface area contributed by atoms with Gasteiger partial charge in [0, 0.05) is 26.2 Å². The van der Waals surface area contributed by atoms with Crippen molar-refractivity contribution in [1.82, 2.24) is 10.2 Å². The molecule has 0 atom stereocenters. The van der Waals surface area contributed by atoms with Crippen LogP contribution in [-0.4, -0.2) is 37.6 Å². The summed E-state index contributed by atoms with van der Waals surface area (Å²) < 4.78 is 0. The Morgan fingerprint density at radius 1 is 0.947 bits per heavy atom. The summed E-state index contributed by atoms with van der Waals surface area (Å²) in [5, 5.41) is 6.19. The van der Waals surface area contributed by atoms with E-state index in [-0.39, 0.29) is 0 Å². The van der Waals surface area contributed by atoms with Crippen LogP contribution in [0.4, 0.5) is 0 Å². The van der Waals surface area contributed by atoms with E-state index in [1.165, 1.54) is 48.8 Å². The highest BCUT2D eigenvalue weighted by Crippen LogP contribution is 2.19. The molecule has 0 spiro atoms. The number of benzene rings is 2. The predicted molar refractivity (Wildman–Crippen MR) is 81.6 cm³/mol. The molecule has 0 saturated carbocycles. The fraction of sp³-hybridized carbons (Fsp3) is 0.412. The van der Waals surface area contributed by atoms with E-state index in [1.807, 2.05) is 0 Å². The van der Waals surface area contributed by atoms with Crippen LogP contribution in [0, 0.1) is 0 Å². The van der Waals surface area contributed by atoms with E-state index in [4.69, 9.17) is 0 Å². The molecule has 2 nitrogen and oxygen atoms in total. The van der Waals surface area contributed by atoms with Crippen LogP contribution in [-0.2, 0) is 6.42 Å². The van der Waals surface area contributed by atoms with Gasteiger partial charge in [-0.05, 0) is 35.7 Å². The van der Waals surface area contributed by atoms with E-state index >= 15 is 0 Å². The Morgan fingerprint density at radius 3 is 2.63 bits per heavy atom. The van der Waals surface area contributed by atoms with Crippen molar-refractivity contribution in [3.8, 4) is 0 Å². The van der Waals surface area contributed by atoms with Gasteiger partial charge in [0.15, 0.2) is 0 Å². The SMILES string of the molecule is c1ccc2c(CCCN3CCNCC3)cccc2c1. The molecule has 0 amide bonds. The molecule has 1 fully saturated rings. The van der Waals surface area contributed by atoms with Gasteiger partial charge < -0.3 is 10.2 Å². The van der Waals surface area contributed by atoms with Gasteiger partial charge in [0.1, 0.15) is 0 Å². The van der Waals surface area contributed by atoms with Crippen molar-refractivity contribution in [3.63, 3.8) is 0 Å². The zero-order valence-electron chi connectivity index (χ0n) is 11.4. The highest BCUT2D eigenvalue weighted by atomic mass is 15.2. The monoisotopic (exact) mass is 254 g/mol. The fourth-order valence-corrected chi connectivity index (χ4v) is 2.94. The average Bonchev–Trinajstić information content (AvgIpc) is 2.49. The first-order valence-corrected chi connectivity index (χ1v) is 7.33. The fourth-order valence-electron chi connectivity index (χ4n) is 2.94. The molecule has 3 rings (SSSR count). The van der Waals surface area contributed by atoms with Crippen LogP contribution in [0.5, 0.6) is 0 Å². The number of aryl methyl sites for hydroxylation is 1. The molecule has 2 aromatic rings. The van der Waals surface area contributed by atoms with Crippen molar-refractivity contribution < 1.29 is 0 Å². The van der Waals surface area contributed by atoms with Crippen LogP contribution >= 0.6 is 0 Å². The van der Waals surface area contributed by atoms with Crippen LogP contribution in [0.3, 0.4) is 0 Å². The molecule has 1 aliphatic rings. The molecule has 1 aliphatic heterocycles. The zero-order valence-corrected chi connectivity index (χ0v) is 11.4. The molecular formula is C17H22N2. The van der Waals surface area contributed by atoms with Gasteiger partial charge in [0.25, 0.3) is 0 Å². The zero-order chi connectivity index (χ0) is 12.9. The molecular weight excluding hydrogens is 232 g/mol. The highest BCUT2D eigenvalue weighted by Gasteiger charge is 2.08. The molecule has 0 aliphatic carbocycles. The van der Waals surface area contributed by atoms with Crippen LogP contribution in [0.15, 0.2) is 42.5 Å². The van der Waals surface area contributed by atoms with E-state index in [0.717, 1.165) is 13.1 Å². The van der Waals surface area contributed by atoms with E-state index in [9.17, 15) is 0 Å². The second-order valence-electron chi connectivity index (χ2n) is 5.33. The minimum absolute atomic E-state index is 1.15. The Hall–Kier alpha value is -1.38. The number of nitrogens with one attached hydrogen (secondary N) is 1. The summed E-state index contributed by atoms with van der Waals surface area (Å²) in [6.45, 7) is 5.93. The maximum Gasteiger partial charge on any atom is 0.0107 e. The lowest BCUT2D eigenvalue weighted by atomic mass is 10.0. The third kappa shape index (κ3) is 3.14. The number of hydrogen-bond donors (Lipinski definition) is 1. The molecule has 1 saturated heterocycles. The Labute approximate surface area is 115 Å². The number of fused-ring (bicyclic) bond motifs is 1. The van der Waals surface area contributed by atoms with Crippen molar-refractivity contribution in [2.45, 2.75) is 12.8 Å². The van der Waals surface area contributed by atoms with E-state index in [0.29, 0.717) is 0 Å². The summed E-state index contributed by atoms with van der Waals surface area (Å²) in [6, 6.07) is 15.4. The Balaban J connectivity index is 1.62. The molecule has 100 valence electrons. The molecule has 0 radical (unpaired) electrons. The van der Waals surface area contributed by atoms with Crippen LogP contribution in [0.25, 0.3) is 10.8 Å². The third-order valence-electron chi connectivity index (χ3n) is 4.01. The first kappa shape index (κ1) is 12.6. The lowest BCUT2D eigenvalue weighted by molar-refractivity contribution is 0.238. The van der Waals surface area contributed by atoms with Gasteiger partial charge in [0.05, 0.1) is 0 Å². The number of rotatable bonds is 4. The third-order valence-corrected chi connectivity index (χ3v) is 4.01. The number of hydrogen-bond acceptors (Lipinski definition) is 2. The lowest BCUT2D eigenvalue weighted by Crippen LogP contribution is -2.43. The Morgan fingerprint density at radius 2 is 1.74 bits per heavy atom. The van der Waals surface area contributed by atoms with Crippen molar-refractivity contribution >= 4 is 10.8 Å². The molecule has 0 bridgehead atoms. The summed E-state index contributed by atoms with van der Waals surface area (Å²) in [4.78, 5) is 2.57. The van der Waals surface area contributed by atoms with Crippen molar-refractivity contribution in [1.29, 1.82) is 0 Å². The normalized spacial score (nSPS) is 16.8. The van der Waals surface area contributed by atoms with Gasteiger partial charge in [-0.1, -0.05) is 42.5 Å². The topological polar surface area (TPSA) is 15.3 Å². The van der Waals surface area contributed by atoms with Gasteiger partial charge in [-0.3, -0.25) is 0 Å². The van der Waals surface area contributed by atoms with Crippen molar-refractivity contribution in [2.75, 3.05) is 32.7 Å². The average molecular weight is 254 g/mol. The van der Waals surface area contributed by atoms with E-state index < -0.39 is 0 Å². The van der Waals surface area contributed by atoms with Crippen LogP contribution in [0.2, 0.25) is 0 Å². The van der Waals surface area contributed by atoms with E-state index in [1.54, 1.807) is 0 Å². The second-order valence-corrected chi connectivity index (χ2v) is 5.33. The molecule has 1 heterocycles. The van der Waals surface area contributed by atoms with E-state index in [2.05, 4.69) is 52.7 Å². The minimum Gasteiger partial charge on any atom is -0.314 e. The maximum absolute atomic E-state index is 3.41. The summed E-state index contributed by atoms with van der Waals surface area (Å²) in [7, 11) is 0. The summed E-state index contributed by atoms with van der Waals surface area (Å²) in [6.07, 6.45) is 2.44. The van der Waals surface area contributed by atoms with Crippen molar-refractivity contribution in [2.24, 2.45) is 0 Å². The quantitative estimate of drug-likeness (QED) is 0.902. The number of piperazine rings is 1. The molecule has 0 aromatic heterocycles. The second kappa shape index (κ2) is 6.18. The summed E-state index contributed by atoms with van der Waals surface area (Å²) >= 11 is 0. The molecule has 1 N–H and O–H groups in total. The van der Waals surface area contributed by atoms with Gasteiger partial charge in [-0.25, -0.2) is 0 Å². The Bertz CT molecular complexity index is 524. The largest absolute Gasteiger partial charge is 0.314 e. The summed E-state index contributed by atoms with van der Waals surface area (Å²) in [5.74, 6) is 0.